The highest BCUT2D eigenvalue weighted by Gasteiger charge is 2.54. The Bertz CT molecular complexity index is 1560. The van der Waals surface area contributed by atoms with E-state index in [4.69, 9.17) is 18.5 Å². The van der Waals surface area contributed by atoms with E-state index in [1.165, 1.54) is 25.7 Å². The van der Waals surface area contributed by atoms with Crippen molar-refractivity contribution < 1.29 is 87.1 Å². The quantitative estimate of drug-likeness (QED) is 0.00984. The molecule has 1 rings (SSSR count). The maximum absolute atomic E-state index is 13.0. The number of phosphoric acid groups is 2. The Balaban J connectivity index is 2.69. The zero-order valence-electron chi connectivity index (χ0n) is 39.5. The predicted molar refractivity (Wildman–Crippen MR) is 253 cm³/mol. The van der Waals surface area contributed by atoms with E-state index in [1.54, 1.807) is 24.3 Å². The molecule has 10 atom stereocenters. The molecule has 388 valence electrons. The number of unbranched alkanes of at least 4 members (excludes halogenated alkanes) is 13. The van der Waals surface area contributed by atoms with Crippen LogP contribution in [0.4, 0.5) is 0 Å². The molecule has 67 heavy (non-hydrogen) atoms. The molecular formula is C47H82O18P2. The minimum atomic E-state index is -5.39. The zero-order valence-corrected chi connectivity index (χ0v) is 41.3. The first-order valence-electron chi connectivity index (χ1n) is 24.1. The molecule has 0 spiro atoms. The Morgan fingerprint density at radius 1 is 0.552 bits per heavy atom. The van der Waals surface area contributed by atoms with Crippen LogP contribution in [0.1, 0.15) is 155 Å². The number of phosphoric ester groups is 2. The maximum Gasteiger partial charge on any atom is 0.472 e. The van der Waals surface area contributed by atoms with Crippen molar-refractivity contribution in [3.8, 4) is 0 Å². The van der Waals surface area contributed by atoms with Gasteiger partial charge < -0.3 is 54.8 Å². The molecule has 0 amide bonds. The second-order valence-corrected chi connectivity index (χ2v) is 19.5. The minimum Gasteiger partial charge on any atom is -0.462 e. The van der Waals surface area contributed by atoms with Crippen LogP contribution in [0.5, 0.6) is 0 Å². The van der Waals surface area contributed by atoms with Crippen molar-refractivity contribution in [2.75, 3.05) is 13.2 Å². The van der Waals surface area contributed by atoms with Gasteiger partial charge in [0.25, 0.3) is 0 Å². The molecule has 18 nitrogen and oxygen atoms in total. The topological polar surface area (TPSA) is 296 Å². The summed E-state index contributed by atoms with van der Waals surface area (Å²) in [5.74, 6) is -1.44. The first kappa shape index (κ1) is 62.6. The van der Waals surface area contributed by atoms with Crippen molar-refractivity contribution in [1.29, 1.82) is 0 Å². The highest BCUT2D eigenvalue weighted by Crippen LogP contribution is 2.49. The van der Waals surface area contributed by atoms with E-state index < -0.39 is 95.7 Å². The molecule has 1 aliphatic rings. The lowest BCUT2D eigenvalue weighted by Gasteiger charge is -2.43. The summed E-state index contributed by atoms with van der Waals surface area (Å²) in [5.41, 5.74) is 0. The lowest BCUT2D eigenvalue weighted by molar-refractivity contribution is -0.216. The van der Waals surface area contributed by atoms with Crippen LogP contribution in [0.3, 0.4) is 0 Å². The molecule has 0 saturated heterocycles. The number of hydrogen-bond donors (Lipinski definition) is 9. The smallest absolute Gasteiger partial charge is 0.462 e. The summed E-state index contributed by atoms with van der Waals surface area (Å²) in [6.07, 6.45) is 20.9. The van der Waals surface area contributed by atoms with Crippen LogP contribution in [0, 0.1) is 0 Å². The molecule has 0 bridgehead atoms. The number of hydrogen-bond acceptors (Lipinski definition) is 15. The number of aliphatic hydroxyl groups excluding tert-OH is 6. The fraction of sp³-hybridized carbons (Fsp3) is 0.745. The number of carbonyl (C=O) groups is 2. The number of rotatable bonds is 39. The fourth-order valence-corrected chi connectivity index (χ4v) is 8.48. The van der Waals surface area contributed by atoms with E-state index in [0.29, 0.717) is 12.8 Å². The molecule has 1 aliphatic carbocycles. The summed E-state index contributed by atoms with van der Waals surface area (Å²) >= 11 is 0. The average Bonchev–Trinajstić information content (AvgIpc) is 3.27. The van der Waals surface area contributed by atoms with Crippen molar-refractivity contribution in [1.82, 2.24) is 0 Å². The van der Waals surface area contributed by atoms with Crippen LogP contribution >= 0.6 is 15.6 Å². The molecule has 5 unspecified atom stereocenters. The molecule has 20 heteroatoms. The normalized spacial score (nSPS) is 22.9. The van der Waals surface area contributed by atoms with Gasteiger partial charge in [-0.2, -0.15) is 0 Å². The molecular weight excluding hydrogens is 914 g/mol. The lowest BCUT2D eigenvalue weighted by Crippen LogP contribution is -2.64. The molecule has 0 aliphatic heterocycles. The third-order valence-corrected chi connectivity index (χ3v) is 12.3. The van der Waals surface area contributed by atoms with Crippen molar-refractivity contribution >= 4 is 27.6 Å². The van der Waals surface area contributed by atoms with Gasteiger partial charge in [0.15, 0.2) is 6.10 Å². The summed E-state index contributed by atoms with van der Waals surface area (Å²) in [5, 5.41) is 61.5. The van der Waals surface area contributed by atoms with Gasteiger partial charge in [0.05, 0.1) is 18.8 Å². The minimum absolute atomic E-state index is 0.0126. The van der Waals surface area contributed by atoms with E-state index in [9.17, 15) is 64.0 Å². The van der Waals surface area contributed by atoms with Gasteiger partial charge in [-0.3, -0.25) is 23.2 Å². The number of carbonyl (C=O) groups excluding carboxylic acids is 2. The molecule has 0 aromatic heterocycles. The largest absolute Gasteiger partial charge is 0.472 e. The van der Waals surface area contributed by atoms with Crippen molar-refractivity contribution in [2.45, 2.75) is 210 Å². The van der Waals surface area contributed by atoms with Crippen LogP contribution in [0.25, 0.3) is 0 Å². The van der Waals surface area contributed by atoms with Crippen LogP contribution in [0.2, 0.25) is 0 Å². The van der Waals surface area contributed by atoms with Gasteiger partial charge in [-0.05, 0) is 57.8 Å². The summed E-state index contributed by atoms with van der Waals surface area (Å²) < 4.78 is 49.2. The van der Waals surface area contributed by atoms with Crippen molar-refractivity contribution in [3.05, 3.63) is 60.8 Å². The SMILES string of the molecule is CCCCCC/C=C\CCCCCCCCCC(=O)O[C@H](COC(=O)CCC[C@@H](O)/C=C/C=C\C/C=C\C=C\[C@@H](O)CCCCC)COP(=O)(O)O[C@H]1C(O)C(O)C(O)[C@@H](OP(=O)(O)O)C1O. The monoisotopic (exact) mass is 996 g/mol. The third kappa shape index (κ3) is 32.2. The fourth-order valence-electron chi connectivity index (χ4n) is 6.94. The lowest BCUT2D eigenvalue weighted by atomic mass is 9.85. The number of ether oxygens (including phenoxy) is 2. The van der Waals surface area contributed by atoms with Gasteiger partial charge in [-0.25, -0.2) is 9.13 Å². The van der Waals surface area contributed by atoms with Gasteiger partial charge in [0.2, 0.25) is 0 Å². The summed E-state index contributed by atoms with van der Waals surface area (Å²) in [6.45, 7) is 2.79. The number of allylic oxidation sites excluding steroid dienone is 8. The summed E-state index contributed by atoms with van der Waals surface area (Å²) in [7, 11) is -10.8. The van der Waals surface area contributed by atoms with E-state index in [1.807, 2.05) is 24.3 Å². The molecule has 0 aromatic carbocycles. The van der Waals surface area contributed by atoms with Crippen molar-refractivity contribution in [2.24, 2.45) is 0 Å². The molecule has 0 heterocycles. The van der Waals surface area contributed by atoms with E-state index in [-0.39, 0.29) is 25.7 Å². The Labute approximate surface area is 397 Å². The highest BCUT2D eigenvalue weighted by atomic mass is 31.2. The van der Waals surface area contributed by atoms with E-state index in [2.05, 4.69) is 30.5 Å². The molecule has 1 saturated carbocycles. The Morgan fingerprint density at radius 2 is 1.04 bits per heavy atom. The van der Waals surface area contributed by atoms with Crippen molar-refractivity contribution in [3.63, 3.8) is 0 Å². The first-order chi connectivity index (χ1) is 31.9. The number of esters is 2. The Morgan fingerprint density at radius 3 is 1.61 bits per heavy atom. The predicted octanol–water partition coefficient (Wildman–Crippen LogP) is 7.00. The van der Waals surface area contributed by atoms with Crippen LogP contribution in [-0.2, 0) is 41.8 Å². The third-order valence-electron chi connectivity index (χ3n) is 10.8. The summed E-state index contributed by atoms with van der Waals surface area (Å²) in [6, 6.07) is 0. The van der Waals surface area contributed by atoms with Crippen LogP contribution < -0.4 is 0 Å². The maximum atomic E-state index is 13.0. The van der Waals surface area contributed by atoms with Gasteiger partial charge in [0, 0.05) is 12.8 Å². The van der Waals surface area contributed by atoms with Gasteiger partial charge in [-0.15, -0.1) is 0 Å². The average molecular weight is 997 g/mol. The number of aliphatic hydroxyl groups is 6. The second kappa shape index (κ2) is 37.4. The van der Waals surface area contributed by atoms with Gasteiger partial charge >= 0.3 is 27.6 Å². The van der Waals surface area contributed by atoms with E-state index >= 15 is 0 Å². The zero-order chi connectivity index (χ0) is 49.9. The standard InChI is InChI=1S/C47H82O18P2/c1-3-5-7-8-9-10-11-12-13-14-15-16-20-23-27-33-41(51)63-39(36-62-67(59,60)65-47-44(54)42(52)43(53)46(45(47)55)64-66(56,57)58)35-61-40(50)34-28-32-38(49)31-26-22-19-17-18-21-25-30-37(48)29-24-6-4-2/h10-11,18-19,21-22,25-26,30-31,37-39,42-49,52-55H,3-9,12-17,20,23-24,27-29,32-36H2,1-2H3,(H,59,60)(H2,56,57,58)/b11-10-,21-18-,22-19-,30-25+,31-26+/t37-,38-,39+,42?,43?,44?,45?,46+,47-/m0/s1. The van der Waals surface area contributed by atoms with Crippen LogP contribution in [-0.4, -0.2) is 125 Å². The summed E-state index contributed by atoms with van der Waals surface area (Å²) in [4.78, 5) is 54.3. The molecule has 0 radical (unpaired) electrons. The van der Waals surface area contributed by atoms with Gasteiger partial charge in [-0.1, -0.05) is 145 Å². The van der Waals surface area contributed by atoms with E-state index in [0.717, 1.165) is 77.0 Å². The first-order valence-corrected chi connectivity index (χ1v) is 27.1. The molecule has 1 fully saturated rings. The second-order valence-electron chi connectivity index (χ2n) is 16.9. The molecule has 9 N–H and O–H groups in total. The van der Waals surface area contributed by atoms with Gasteiger partial charge in [0.1, 0.15) is 43.2 Å². The van der Waals surface area contributed by atoms with Crippen LogP contribution in [0.15, 0.2) is 60.8 Å². The highest BCUT2D eigenvalue weighted by molar-refractivity contribution is 7.47. The Hall–Kier alpha value is -2.38. The Kier molecular flexibility index (Phi) is 35.0. The molecule has 0 aromatic rings.